The van der Waals surface area contributed by atoms with Crippen LogP contribution < -0.4 is 10.3 Å². The zero-order valence-corrected chi connectivity index (χ0v) is 14.6. The maximum atomic E-state index is 12.3. The van der Waals surface area contributed by atoms with Gasteiger partial charge in [-0.15, -0.1) is 11.3 Å². The van der Waals surface area contributed by atoms with Gasteiger partial charge in [-0.1, -0.05) is 13.8 Å². The smallest absolute Gasteiger partial charge is 0.293 e. The van der Waals surface area contributed by atoms with Crippen LogP contribution in [0.1, 0.15) is 30.5 Å². The second-order valence-electron chi connectivity index (χ2n) is 5.59. The lowest BCUT2D eigenvalue weighted by Crippen LogP contribution is -2.33. The van der Waals surface area contributed by atoms with E-state index in [9.17, 15) is 9.59 Å². The van der Waals surface area contributed by atoms with Crippen molar-refractivity contribution in [2.45, 2.75) is 32.9 Å². The largest absolute Gasteiger partial charge is 0.491 e. The van der Waals surface area contributed by atoms with Crippen molar-refractivity contribution in [1.82, 2.24) is 14.5 Å². The van der Waals surface area contributed by atoms with Crippen molar-refractivity contribution in [2.24, 2.45) is 0 Å². The van der Waals surface area contributed by atoms with Gasteiger partial charge in [-0.25, -0.2) is 4.98 Å². The van der Waals surface area contributed by atoms with Crippen molar-refractivity contribution in [3.63, 3.8) is 0 Å². The van der Waals surface area contributed by atoms with Crippen LogP contribution in [0.2, 0.25) is 0 Å². The molecule has 0 radical (unpaired) electrons. The summed E-state index contributed by atoms with van der Waals surface area (Å²) in [6, 6.07) is 3.26. The van der Waals surface area contributed by atoms with Crippen LogP contribution in [0.4, 0.5) is 0 Å². The third kappa shape index (κ3) is 4.19. The van der Waals surface area contributed by atoms with Crippen LogP contribution in [0.25, 0.3) is 0 Å². The van der Waals surface area contributed by atoms with Crippen molar-refractivity contribution in [1.29, 1.82) is 0 Å². The summed E-state index contributed by atoms with van der Waals surface area (Å²) in [6.45, 7) is 4.59. The number of thiazole rings is 1. The molecule has 0 aliphatic heterocycles. The molecule has 23 heavy (non-hydrogen) atoms. The molecule has 6 nitrogen and oxygen atoms in total. The maximum absolute atomic E-state index is 12.3. The highest BCUT2D eigenvalue weighted by atomic mass is 32.1. The number of carbonyl (C=O) groups is 1. The lowest BCUT2D eigenvalue weighted by Gasteiger charge is -2.17. The normalized spacial score (nSPS) is 10.8. The first-order chi connectivity index (χ1) is 10.9. The number of ether oxygens (including phenoxy) is 1. The zero-order chi connectivity index (χ0) is 17.0. The van der Waals surface area contributed by atoms with E-state index in [0.717, 1.165) is 10.7 Å². The van der Waals surface area contributed by atoms with Gasteiger partial charge in [-0.2, -0.15) is 0 Å². The third-order valence-corrected chi connectivity index (χ3v) is 4.59. The standard InChI is InChI=1S/C16H21N3O3S/c1-11(2)15-17-12(10-23-15)8-18(3)14(20)9-19-7-5-6-13(22-4)16(19)21/h5-7,10-11H,8-9H2,1-4H3. The van der Waals surface area contributed by atoms with Crippen molar-refractivity contribution >= 4 is 17.2 Å². The molecule has 0 aromatic carbocycles. The maximum Gasteiger partial charge on any atom is 0.293 e. The van der Waals surface area contributed by atoms with E-state index in [1.54, 1.807) is 41.6 Å². The quantitative estimate of drug-likeness (QED) is 0.811. The van der Waals surface area contributed by atoms with Gasteiger partial charge in [-0.3, -0.25) is 9.59 Å². The first kappa shape index (κ1) is 17.2. The molecule has 0 aliphatic carbocycles. The fraction of sp³-hybridized carbons (Fsp3) is 0.438. The summed E-state index contributed by atoms with van der Waals surface area (Å²) >= 11 is 1.60. The highest BCUT2D eigenvalue weighted by molar-refractivity contribution is 7.09. The second-order valence-corrected chi connectivity index (χ2v) is 6.48. The van der Waals surface area contributed by atoms with Gasteiger partial charge in [0.15, 0.2) is 5.75 Å². The van der Waals surface area contributed by atoms with E-state index in [0.29, 0.717) is 12.5 Å². The highest BCUT2D eigenvalue weighted by Gasteiger charge is 2.14. The Morgan fingerprint density at radius 2 is 2.22 bits per heavy atom. The van der Waals surface area contributed by atoms with Gasteiger partial charge < -0.3 is 14.2 Å². The first-order valence-corrected chi connectivity index (χ1v) is 8.22. The van der Waals surface area contributed by atoms with E-state index >= 15 is 0 Å². The summed E-state index contributed by atoms with van der Waals surface area (Å²) in [7, 11) is 3.14. The van der Waals surface area contributed by atoms with Crippen molar-refractivity contribution in [3.8, 4) is 5.75 Å². The molecule has 2 aromatic rings. The molecule has 0 aliphatic rings. The van der Waals surface area contributed by atoms with Crippen LogP contribution in [0.3, 0.4) is 0 Å². The Bertz CT molecular complexity index is 736. The highest BCUT2D eigenvalue weighted by Crippen LogP contribution is 2.19. The summed E-state index contributed by atoms with van der Waals surface area (Å²) in [5.41, 5.74) is 0.556. The van der Waals surface area contributed by atoms with Gasteiger partial charge in [-0.05, 0) is 12.1 Å². The molecule has 124 valence electrons. The Kier molecular flexibility index (Phi) is 5.54. The summed E-state index contributed by atoms with van der Waals surface area (Å²) in [5.74, 6) is 0.452. The molecule has 0 bridgehead atoms. The summed E-state index contributed by atoms with van der Waals surface area (Å²) in [4.78, 5) is 30.5. The van der Waals surface area contributed by atoms with E-state index < -0.39 is 0 Å². The lowest BCUT2D eigenvalue weighted by atomic mass is 10.2. The molecule has 0 N–H and O–H groups in total. The number of hydrogen-bond acceptors (Lipinski definition) is 5. The lowest BCUT2D eigenvalue weighted by molar-refractivity contribution is -0.131. The third-order valence-electron chi connectivity index (χ3n) is 3.40. The topological polar surface area (TPSA) is 64.4 Å². The minimum absolute atomic E-state index is 0.0201. The van der Waals surface area contributed by atoms with Crippen LogP contribution >= 0.6 is 11.3 Å². The molecule has 0 unspecified atom stereocenters. The monoisotopic (exact) mass is 335 g/mol. The predicted octanol–water partition coefficient (Wildman–Crippen LogP) is 2.10. The van der Waals surface area contributed by atoms with Crippen molar-refractivity contribution < 1.29 is 9.53 Å². The molecular formula is C16H21N3O3S. The Balaban J connectivity index is 2.04. The number of pyridine rings is 1. The average molecular weight is 335 g/mol. The second kappa shape index (κ2) is 7.41. The predicted molar refractivity (Wildman–Crippen MR) is 89.9 cm³/mol. The van der Waals surface area contributed by atoms with Crippen LogP contribution in [0, 0.1) is 0 Å². The van der Waals surface area contributed by atoms with Gasteiger partial charge in [0.05, 0.1) is 24.4 Å². The number of aromatic nitrogens is 2. The fourth-order valence-corrected chi connectivity index (χ4v) is 2.88. The van der Waals surface area contributed by atoms with Gasteiger partial charge in [0.25, 0.3) is 5.56 Å². The molecule has 1 amide bonds. The van der Waals surface area contributed by atoms with E-state index in [4.69, 9.17) is 4.74 Å². The molecular weight excluding hydrogens is 314 g/mol. The number of likely N-dealkylation sites (N-methyl/N-ethyl adjacent to an activating group) is 1. The Hall–Kier alpha value is -2.15. The van der Waals surface area contributed by atoms with E-state index in [2.05, 4.69) is 18.8 Å². The van der Waals surface area contributed by atoms with Crippen LogP contribution in [0.5, 0.6) is 5.75 Å². The molecule has 2 aromatic heterocycles. The molecule has 2 rings (SSSR count). The zero-order valence-electron chi connectivity index (χ0n) is 13.8. The molecule has 0 spiro atoms. The molecule has 0 saturated carbocycles. The van der Waals surface area contributed by atoms with Gasteiger partial charge in [0.1, 0.15) is 6.54 Å². The fourth-order valence-electron chi connectivity index (χ4n) is 2.05. The summed E-state index contributed by atoms with van der Waals surface area (Å²) < 4.78 is 6.33. The van der Waals surface area contributed by atoms with E-state index in [1.807, 2.05) is 5.38 Å². The van der Waals surface area contributed by atoms with Crippen LogP contribution in [0.15, 0.2) is 28.5 Å². The molecule has 0 fully saturated rings. The van der Waals surface area contributed by atoms with Crippen molar-refractivity contribution in [2.75, 3.05) is 14.2 Å². The Labute approximate surface area is 139 Å². The molecule has 0 atom stereocenters. The number of rotatable bonds is 6. The number of methoxy groups -OCH3 is 1. The average Bonchev–Trinajstić information content (AvgIpc) is 2.98. The number of hydrogen-bond donors (Lipinski definition) is 0. The van der Waals surface area contributed by atoms with Gasteiger partial charge in [0, 0.05) is 24.5 Å². The van der Waals surface area contributed by atoms with E-state index in [1.165, 1.54) is 11.7 Å². The summed E-state index contributed by atoms with van der Waals surface area (Å²) in [6.07, 6.45) is 1.58. The number of carbonyl (C=O) groups excluding carboxylic acids is 1. The molecule has 2 heterocycles. The Morgan fingerprint density at radius 3 is 2.83 bits per heavy atom. The molecule has 7 heteroatoms. The Morgan fingerprint density at radius 1 is 1.48 bits per heavy atom. The number of nitrogens with zero attached hydrogens (tertiary/aromatic N) is 3. The van der Waals surface area contributed by atoms with Crippen molar-refractivity contribution in [3.05, 3.63) is 44.8 Å². The van der Waals surface area contributed by atoms with Crippen LogP contribution in [-0.2, 0) is 17.9 Å². The summed E-state index contributed by atoms with van der Waals surface area (Å²) in [5, 5.41) is 3.03. The minimum Gasteiger partial charge on any atom is -0.491 e. The minimum atomic E-state index is -0.312. The van der Waals surface area contributed by atoms with E-state index in [-0.39, 0.29) is 23.8 Å². The first-order valence-electron chi connectivity index (χ1n) is 7.34. The van der Waals surface area contributed by atoms with Gasteiger partial charge >= 0.3 is 0 Å². The SMILES string of the molecule is COc1cccn(CC(=O)N(C)Cc2csc(C(C)C)n2)c1=O. The number of amides is 1. The van der Waals surface area contributed by atoms with Crippen LogP contribution in [-0.4, -0.2) is 34.5 Å². The van der Waals surface area contributed by atoms with Gasteiger partial charge in [0.2, 0.25) is 5.91 Å². The molecule has 0 saturated heterocycles.